The van der Waals surface area contributed by atoms with Crippen LogP contribution in [0, 0.1) is 0 Å². The molecule has 30 heavy (non-hydrogen) atoms. The molecule has 5 rings (SSSR count). The zero-order chi connectivity index (χ0) is 20.5. The quantitative estimate of drug-likeness (QED) is 0.200. The molecular weight excluding hydrogens is 420 g/mol. The van der Waals surface area contributed by atoms with E-state index in [-0.39, 0.29) is 17.2 Å². The standard InChI is InChI=1S/C21H17N4O3S2/c26-18-11-19-25(18)17(7-10-29-19)21(27)28-13-30-15-5-8-24(9-6-15)20-16-4-2-1-3-14(16)12-22-23-20/h1-9,12,19H,10-11,13H2/q+1/t19-/m0/s1. The zero-order valence-corrected chi connectivity index (χ0v) is 17.4. The van der Waals surface area contributed by atoms with E-state index in [0.29, 0.717) is 12.1 Å². The third-order valence-corrected chi connectivity index (χ3v) is 6.91. The second kappa shape index (κ2) is 8.08. The minimum atomic E-state index is -0.446. The van der Waals surface area contributed by atoms with Crippen molar-refractivity contribution in [3.63, 3.8) is 0 Å². The Labute approximate surface area is 181 Å². The second-order valence-electron chi connectivity index (χ2n) is 6.74. The van der Waals surface area contributed by atoms with Crippen molar-refractivity contribution in [3.8, 4) is 5.82 Å². The molecule has 4 heterocycles. The number of rotatable bonds is 5. The molecule has 1 atom stereocenters. The van der Waals surface area contributed by atoms with Crippen LogP contribution in [-0.4, -0.2) is 44.0 Å². The Kier molecular flexibility index (Phi) is 5.14. The van der Waals surface area contributed by atoms with E-state index >= 15 is 0 Å². The first-order chi connectivity index (χ1) is 14.7. The third-order valence-electron chi connectivity index (χ3n) is 4.95. The second-order valence-corrected chi connectivity index (χ2v) is 8.94. The van der Waals surface area contributed by atoms with Crippen molar-refractivity contribution in [1.29, 1.82) is 0 Å². The monoisotopic (exact) mass is 437 g/mol. The van der Waals surface area contributed by atoms with Crippen LogP contribution in [-0.2, 0) is 14.3 Å². The van der Waals surface area contributed by atoms with Crippen molar-refractivity contribution in [3.05, 3.63) is 66.8 Å². The van der Waals surface area contributed by atoms with Crippen molar-refractivity contribution < 1.29 is 18.9 Å². The number of hydrogen-bond acceptors (Lipinski definition) is 7. The average molecular weight is 438 g/mol. The highest BCUT2D eigenvalue weighted by atomic mass is 32.2. The first kappa shape index (κ1) is 19.1. The molecule has 1 aromatic carbocycles. The van der Waals surface area contributed by atoms with Crippen LogP contribution in [0.1, 0.15) is 6.42 Å². The first-order valence-corrected chi connectivity index (χ1v) is 11.4. The number of thioether (sulfide) groups is 2. The average Bonchev–Trinajstić information content (AvgIpc) is 2.78. The highest BCUT2D eigenvalue weighted by Crippen LogP contribution is 2.37. The summed E-state index contributed by atoms with van der Waals surface area (Å²) in [5.74, 6) is 1.19. The van der Waals surface area contributed by atoms with Gasteiger partial charge in [-0.3, -0.25) is 9.69 Å². The number of esters is 1. The van der Waals surface area contributed by atoms with Gasteiger partial charge in [0.2, 0.25) is 5.91 Å². The molecule has 1 amide bonds. The summed E-state index contributed by atoms with van der Waals surface area (Å²) in [5.41, 5.74) is 0.371. The van der Waals surface area contributed by atoms with Crippen LogP contribution in [0.3, 0.4) is 0 Å². The van der Waals surface area contributed by atoms with E-state index in [0.717, 1.165) is 27.2 Å². The van der Waals surface area contributed by atoms with Gasteiger partial charge in [-0.1, -0.05) is 30.0 Å². The number of β-lactam (4-membered cyclic amide) rings is 1. The summed E-state index contributed by atoms with van der Waals surface area (Å²) in [4.78, 5) is 26.6. The fourth-order valence-electron chi connectivity index (χ4n) is 3.41. The maximum absolute atomic E-state index is 12.4. The number of carbonyl (C=O) groups is 2. The molecule has 2 aromatic heterocycles. The zero-order valence-electron chi connectivity index (χ0n) is 15.8. The van der Waals surface area contributed by atoms with Gasteiger partial charge in [-0.25, -0.2) is 9.36 Å². The van der Waals surface area contributed by atoms with Gasteiger partial charge in [0.15, 0.2) is 0 Å². The van der Waals surface area contributed by atoms with Crippen molar-refractivity contribution in [2.75, 3.05) is 11.7 Å². The largest absolute Gasteiger partial charge is 0.450 e. The van der Waals surface area contributed by atoms with E-state index in [1.807, 2.05) is 53.4 Å². The van der Waals surface area contributed by atoms with Crippen molar-refractivity contribution in [1.82, 2.24) is 15.1 Å². The van der Waals surface area contributed by atoms with Gasteiger partial charge in [-0.2, -0.15) is 0 Å². The molecular formula is C21H17N4O3S2+. The number of pyridine rings is 1. The Balaban J connectivity index is 1.22. The molecule has 2 aliphatic heterocycles. The van der Waals surface area contributed by atoms with Crippen LogP contribution >= 0.6 is 23.5 Å². The Morgan fingerprint density at radius 1 is 1.27 bits per heavy atom. The summed E-state index contributed by atoms with van der Waals surface area (Å²) < 4.78 is 7.29. The number of carbonyl (C=O) groups excluding carboxylic acids is 2. The molecule has 150 valence electrons. The van der Waals surface area contributed by atoms with Gasteiger partial charge in [0.1, 0.15) is 11.6 Å². The van der Waals surface area contributed by atoms with E-state index in [1.165, 1.54) is 16.7 Å². The number of aromatic nitrogens is 3. The first-order valence-electron chi connectivity index (χ1n) is 9.36. The smallest absolute Gasteiger partial charge is 0.363 e. The van der Waals surface area contributed by atoms with Gasteiger partial charge >= 0.3 is 11.8 Å². The Morgan fingerprint density at radius 2 is 2.10 bits per heavy atom. The Hall–Kier alpha value is -2.91. The highest BCUT2D eigenvalue weighted by molar-refractivity contribution is 8.00. The molecule has 0 aliphatic carbocycles. The van der Waals surface area contributed by atoms with Gasteiger partial charge in [-0.05, 0) is 29.4 Å². The van der Waals surface area contributed by atoms with Gasteiger partial charge in [0, 0.05) is 16.0 Å². The van der Waals surface area contributed by atoms with Crippen LogP contribution in [0.25, 0.3) is 16.6 Å². The molecule has 0 saturated carbocycles. The number of benzene rings is 1. The van der Waals surface area contributed by atoms with Gasteiger partial charge < -0.3 is 4.74 Å². The van der Waals surface area contributed by atoms with Crippen molar-refractivity contribution >= 4 is 46.2 Å². The van der Waals surface area contributed by atoms with E-state index in [1.54, 1.807) is 24.0 Å². The van der Waals surface area contributed by atoms with Crippen molar-refractivity contribution in [2.24, 2.45) is 0 Å². The number of fused-ring (bicyclic) bond motifs is 2. The molecule has 1 fully saturated rings. The molecule has 0 radical (unpaired) electrons. The summed E-state index contributed by atoms with van der Waals surface area (Å²) in [6.45, 7) is 0. The maximum atomic E-state index is 12.4. The molecule has 7 nitrogen and oxygen atoms in total. The lowest BCUT2D eigenvalue weighted by Gasteiger charge is -2.42. The number of ether oxygens (including phenoxy) is 1. The predicted octanol–water partition coefficient (Wildman–Crippen LogP) is 2.69. The van der Waals surface area contributed by atoms with Crippen LogP contribution < -0.4 is 4.57 Å². The fourth-order valence-corrected chi connectivity index (χ4v) is 5.14. The predicted molar refractivity (Wildman–Crippen MR) is 114 cm³/mol. The molecule has 1 saturated heterocycles. The van der Waals surface area contributed by atoms with Crippen LogP contribution in [0.2, 0.25) is 0 Å². The van der Waals surface area contributed by atoms with E-state index in [4.69, 9.17) is 4.74 Å². The van der Waals surface area contributed by atoms with E-state index in [9.17, 15) is 9.59 Å². The number of nitrogens with zero attached hydrogens (tertiary/aromatic N) is 4. The normalized spacial score (nSPS) is 17.9. The van der Waals surface area contributed by atoms with E-state index < -0.39 is 5.97 Å². The SMILES string of the molecule is O=C(OCSc1cc[n+](-c2nncc3ccccc23)cc1)C1=CCS[C@H]2CC(=O)N12. The summed E-state index contributed by atoms with van der Waals surface area (Å²) in [5, 5.41) is 10.5. The lowest BCUT2D eigenvalue weighted by Crippen LogP contribution is -2.53. The van der Waals surface area contributed by atoms with Gasteiger partial charge in [-0.15, -0.1) is 11.8 Å². The molecule has 0 bridgehead atoms. The molecule has 2 aliphatic rings. The van der Waals surface area contributed by atoms with Crippen LogP contribution in [0.4, 0.5) is 0 Å². The van der Waals surface area contributed by atoms with E-state index in [2.05, 4.69) is 10.2 Å². The maximum Gasteiger partial charge on any atom is 0.363 e. The number of amides is 1. The summed E-state index contributed by atoms with van der Waals surface area (Å²) >= 11 is 3.08. The highest BCUT2D eigenvalue weighted by Gasteiger charge is 2.43. The summed E-state index contributed by atoms with van der Waals surface area (Å²) in [6.07, 6.45) is 7.82. The van der Waals surface area contributed by atoms with Crippen LogP contribution in [0.5, 0.6) is 0 Å². The molecule has 3 aromatic rings. The minimum Gasteiger partial charge on any atom is -0.450 e. The molecule has 9 heteroatoms. The Bertz CT molecular complexity index is 1160. The summed E-state index contributed by atoms with van der Waals surface area (Å²) in [7, 11) is 0. The number of hydrogen-bond donors (Lipinski definition) is 0. The lowest BCUT2D eigenvalue weighted by atomic mass is 10.1. The molecule has 0 spiro atoms. The lowest BCUT2D eigenvalue weighted by molar-refractivity contribution is -0.598. The minimum absolute atomic E-state index is 0.0211. The molecule has 0 unspecified atom stereocenters. The Morgan fingerprint density at radius 3 is 2.93 bits per heavy atom. The fraction of sp³-hybridized carbons (Fsp3) is 0.190. The molecule has 0 N–H and O–H groups in total. The third kappa shape index (κ3) is 3.54. The topological polar surface area (TPSA) is 76.3 Å². The van der Waals surface area contributed by atoms with Gasteiger partial charge in [0.05, 0.1) is 40.9 Å². The van der Waals surface area contributed by atoms with Gasteiger partial charge in [0.25, 0.3) is 0 Å². The summed E-state index contributed by atoms with van der Waals surface area (Å²) in [6, 6.07) is 11.8. The van der Waals surface area contributed by atoms with Crippen LogP contribution in [0.15, 0.2) is 71.7 Å². The van der Waals surface area contributed by atoms with Crippen molar-refractivity contribution in [2.45, 2.75) is 16.7 Å².